The molecule has 1 amide bonds. The number of carbonyl (C=O) groups is 2. The monoisotopic (exact) mass is 233 g/mol. The fraction of sp³-hybridized carbons (Fsp3) is 0.818. The molecule has 16 heavy (non-hydrogen) atoms. The van der Waals surface area contributed by atoms with Gasteiger partial charge in [0.15, 0.2) is 0 Å². The summed E-state index contributed by atoms with van der Waals surface area (Å²) in [5.41, 5.74) is 0. The first-order valence-corrected chi connectivity index (χ1v) is 5.60. The first kappa shape index (κ1) is 14.9. The Kier molecular flexibility index (Phi) is 7.50. The molecule has 0 rings (SSSR count). The third kappa shape index (κ3) is 7.20. The number of hydrogen-bond donors (Lipinski definition) is 1. The van der Waals surface area contributed by atoms with Gasteiger partial charge in [-0.05, 0) is 18.8 Å². The average Bonchev–Trinajstić information content (AvgIpc) is 2.16. The second kappa shape index (κ2) is 8.07. The summed E-state index contributed by atoms with van der Waals surface area (Å²) in [6.07, 6.45) is 1.21. The third-order valence-corrected chi connectivity index (χ3v) is 2.00. The van der Waals surface area contributed by atoms with Crippen LogP contribution in [-0.4, -0.2) is 24.8 Å². The van der Waals surface area contributed by atoms with Crippen LogP contribution >= 0.6 is 0 Å². The summed E-state index contributed by atoms with van der Waals surface area (Å²) in [6.45, 7) is 5.95. The van der Waals surface area contributed by atoms with E-state index in [4.69, 9.17) is 4.74 Å². The predicted octanol–water partition coefficient (Wildman–Crippen LogP) is 2.42. The Hall–Kier alpha value is -1.13. The Morgan fingerprint density at radius 3 is 2.44 bits per heavy atom. The molecule has 0 aliphatic rings. The van der Waals surface area contributed by atoms with E-state index in [1.807, 2.05) is 20.8 Å². The zero-order valence-electron chi connectivity index (χ0n) is 10.1. The normalized spacial score (nSPS) is 12.3. The molecule has 0 saturated carbocycles. The highest BCUT2D eigenvalue weighted by molar-refractivity contribution is 5.80. The maximum atomic E-state index is 12.6. The summed E-state index contributed by atoms with van der Waals surface area (Å²) in [5, 5.41) is 2.22. The lowest BCUT2D eigenvalue weighted by molar-refractivity contribution is -0.131. The first-order chi connectivity index (χ1) is 7.47. The van der Waals surface area contributed by atoms with E-state index in [1.54, 1.807) is 0 Å². The number of amides is 1. The van der Waals surface area contributed by atoms with Crippen molar-refractivity contribution in [1.29, 1.82) is 0 Å². The summed E-state index contributed by atoms with van der Waals surface area (Å²) in [6, 6.07) is -2.62. The lowest BCUT2D eigenvalue weighted by Crippen LogP contribution is -2.40. The molecule has 0 unspecified atom stereocenters. The van der Waals surface area contributed by atoms with Gasteiger partial charge >= 0.3 is 12.1 Å². The van der Waals surface area contributed by atoms with Gasteiger partial charge < -0.3 is 10.1 Å². The lowest BCUT2D eigenvalue weighted by atomic mass is 10.0. The van der Waals surface area contributed by atoms with E-state index in [0.29, 0.717) is 0 Å². The second-order valence-corrected chi connectivity index (χ2v) is 4.12. The molecule has 1 atom stereocenters. The fourth-order valence-electron chi connectivity index (χ4n) is 1.17. The molecular weight excluding hydrogens is 213 g/mol. The quantitative estimate of drug-likeness (QED) is 0.542. The zero-order valence-corrected chi connectivity index (χ0v) is 10.1. The SMILES string of the molecule is CCCCOC(=O)N[C@@H](CC(C)C)C(=O)F. The van der Waals surface area contributed by atoms with Gasteiger partial charge in [0.2, 0.25) is 0 Å². The van der Waals surface area contributed by atoms with Gasteiger partial charge in [-0.25, -0.2) is 4.79 Å². The standard InChI is InChI=1S/C11H20FNO3/c1-4-5-6-16-11(15)13-9(10(12)14)7-8(2)3/h8-9H,4-7H2,1-3H3,(H,13,15)/t9-/m0/s1. The maximum absolute atomic E-state index is 12.6. The van der Waals surface area contributed by atoms with E-state index in [9.17, 15) is 14.0 Å². The fourth-order valence-corrected chi connectivity index (χ4v) is 1.17. The van der Waals surface area contributed by atoms with Crippen molar-refractivity contribution < 1.29 is 18.7 Å². The summed E-state index contributed by atoms with van der Waals surface area (Å²) >= 11 is 0. The van der Waals surface area contributed by atoms with Crippen molar-refractivity contribution in [3.8, 4) is 0 Å². The van der Waals surface area contributed by atoms with Crippen molar-refractivity contribution in [2.45, 2.75) is 46.1 Å². The summed E-state index contributed by atoms with van der Waals surface area (Å²) < 4.78 is 17.3. The van der Waals surface area contributed by atoms with E-state index in [-0.39, 0.29) is 18.9 Å². The minimum atomic E-state index is -1.53. The number of nitrogens with one attached hydrogen (secondary N) is 1. The topological polar surface area (TPSA) is 55.4 Å². The van der Waals surface area contributed by atoms with Crippen LogP contribution < -0.4 is 5.32 Å². The molecule has 0 bridgehead atoms. The molecule has 0 saturated heterocycles. The molecular formula is C11H20FNO3. The van der Waals surface area contributed by atoms with Crippen LogP contribution in [0.4, 0.5) is 9.18 Å². The molecule has 0 fully saturated rings. The highest BCUT2D eigenvalue weighted by Crippen LogP contribution is 2.06. The Morgan fingerprint density at radius 2 is 2.00 bits per heavy atom. The van der Waals surface area contributed by atoms with Crippen molar-refractivity contribution in [1.82, 2.24) is 5.32 Å². The molecule has 4 nitrogen and oxygen atoms in total. The second-order valence-electron chi connectivity index (χ2n) is 4.12. The van der Waals surface area contributed by atoms with E-state index >= 15 is 0 Å². The smallest absolute Gasteiger partial charge is 0.407 e. The number of hydrogen-bond acceptors (Lipinski definition) is 3. The minimum Gasteiger partial charge on any atom is -0.450 e. The van der Waals surface area contributed by atoms with Gasteiger partial charge in [-0.1, -0.05) is 27.2 Å². The number of halogens is 1. The van der Waals surface area contributed by atoms with Crippen LogP contribution in [-0.2, 0) is 9.53 Å². The molecule has 0 radical (unpaired) electrons. The van der Waals surface area contributed by atoms with Gasteiger partial charge in [0, 0.05) is 0 Å². The van der Waals surface area contributed by atoms with Crippen LogP contribution in [0.5, 0.6) is 0 Å². The molecule has 94 valence electrons. The molecule has 0 spiro atoms. The lowest BCUT2D eigenvalue weighted by Gasteiger charge is -2.15. The van der Waals surface area contributed by atoms with E-state index < -0.39 is 18.2 Å². The number of unbranched alkanes of at least 4 members (excludes halogenated alkanes) is 1. The van der Waals surface area contributed by atoms with Crippen molar-refractivity contribution in [3.63, 3.8) is 0 Å². The van der Waals surface area contributed by atoms with E-state index in [1.165, 1.54) is 0 Å². The van der Waals surface area contributed by atoms with Crippen LogP contribution in [0.25, 0.3) is 0 Å². The van der Waals surface area contributed by atoms with Gasteiger partial charge in [0.1, 0.15) is 6.04 Å². The maximum Gasteiger partial charge on any atom is 0.407 e. The molecule has 5 heteroatoms. The number of alkyl carbamates (subject to hydrolysis) is 1. The van der Waals surface area contributed by atoms with Crippen LogP contribution in [0.3, 0.4) is 0 Å². The Balaban J connectivity index is 3.98. The Morgan fingerprint density at radius 1 is 1.38 bits per heavy atom. The predicted molar refractivity (Wildman–Crippen MR) is 58.7 cm³/mol. The summed E-state index contributed by atoms with van der Waals surface area (Å²) in [7, 11) is 0. The van der Waals surface area contributed by atoms with Gasteiger partial charge in [-0.2, -0.15) is 4.39 Å². The zero-order chi connectivity index (χ0) is 12.6. The third-order valence-electron chi connectivity index (χ3n) is 2.00. The minimum absolute atomic E-state index is 0.126. The average molecular weight is 233 g/mol. The molecule has 0 aromatic carbocycles. The molecule has 0 aliphatic carbocycles. The van der Waals surface area contributed by atoms with Gasteiger partial charge in [0.05, 0.1) is 6.61 Å². The van der Waals surface area contributed by atoms with Crippen LogP contribution in [0.2, 0.25) is 0 Å². The Bertz CT molecular complexity index is 231. The first-order valence-electron chi connectivity index (χ1n) is 5.60. The highest BCUT2D eigenvalue weighted by Gasteiger charge is 2.22. The van der Waals surface area contributed by atoms with Crippen molar-refractivity contribution >= 4 is 12.1 Å². The van der Waals surface area contributed by atoms with Crippen LogP contribution in [0, 0.1) is 5.92 Å². The highest BCUT2D eigenvalue weighted by atomic mass is 19.1. The molecule has 1 N–H and O–H groups in total. The van der Waals surface area contributed by atoms with Crippen molar-refractivity contribution in [2.75, 3.05) is 6.61 Å². The van der Waals surface area contributed by atoms with Crippen molar-refractivity contribution in [3.05, 3.63) is 0 Å². The molecule has 0 aromatic heterocycles. The largest absolute Gasteiger partial charge is 0.450 e. The van der Waals surface area contributed by atoms with E-state index in [0.717, 1.165) is 12.8 Å². The number of rotatable bonds is 7. The number of ether oxygens (including phenoxy) is 1. The van der Waals surface area contributed by atoms with Crippen molar-refractivity contribution in [2.24, 2.45) is 5.92 Å². The van der Waals surface area contributed by atoms with Gasteiger partial charge in [0.25, 0.3) is 0 Å². The Labute approximate surface area is 95.5 Å². The van der Waals surface area contributed by atoms with Gasteiger partial charge in [-0.3, -0.25) is 4.79 Å². The summed E-state index contributed by atoms with van der Waals surface area (Å²) in [5.74, 6) is 0.126. The molecule has 0 heterocycles. The van der Waals surface area contributed by atoms with Gasteiger partial charge in [-0.15, -0.1) is 0 Å². The van der Waals surface area contributed by atoms with Crippen LogP contribution in [0.1, 0.15) is 40.0 Å². The summed E-state index contributed by atoms with van der Waals surface area (Å²) in [4.78, 5) is 21.8. The number of carbonyl (C=O) groups excluding carboxylic acids is 2. The molecule has 0 aromatic rings. The van der Waals surface area contributed by atoms with Crippen LogP contribution in [0.15, 0.2) is 0 Å². The molecule has 0 aliphatic heterocycles. The van der Waals surface area contributed by atoms with E-state index in [2.05, 4.69) is 5.32 Å².